The van der Waals surface area contributed by atoms with E-state index in [2.05, 4.69) is 26.1 Å². The summed E-state index contributed by atoms with van der Waals surface area (Å²) < 4.78 is 10.5. The Hall–Kier alpha value is -3.60. The lowest BCUT2D eigenvalue weighted by atomic mass is 9.86. The van der Waals surface area contributed by atoms with Crippen LogP contribution in [0.4, 0.5) is 5.69 Å². The standard InChI is InChI=1S/C26H27NO4/c1-26(2,3)20-12-9-17(10-13-20)24(28)18-7-6-8-21(15-18)27-25(29)19-11-14-22(30-4)23(16-19)31-5/h6-16H,1-5H3,(H,27,29). The number of ketones is 1. The van der Waals surface area contributed by atoms with E-state index in [-0.39, 0.29) is 17.1 Å². The maximum absolute atomic E-state index is 12.9. The van der Waals surface area contributed by atoms with Crippen LogP contribution in [0.3, 0.4) is 0 Å². The van der Waals surface area contributed by atoms with Crippen molar-refractivity contribution in [1.82, 2.24) is 0 Å². The van der Waals surface area contributed by atoms with Crippen molar-refractivity contribution in [3.63, 3.8) is 0 Å². The number of methoxy groups -OCH3 is 2. The summed E-state index contributed by atoms with van der Waals surface area (Å²) in [6.45, 7) is 6.40. The molecule has 0 fully saturated rings. The Kier molecular flexibility index (Phi) is 6.44. The smallest absolute Gasteiger partial charge is 0.255 e. The van der Waals surface area contributed by atoms with Crippen molar-refractivity contribution in [2.75, 3.05) is 19.5 Å². The van der Waals surface area contributed by atoms with E-state index in [9.17, 15) is 9.59 Å². The maximum Gasteiger partial charge on any atom is 0.255 e. The molecule has 0 aliphatic heterocycles. The first-order valence-electron chi connectivity index (χ1n) is 10.0. The van der Waals surface area contributed by atoms with Gasteiger partial charge in [-0.2, -0.15) is 0 Å². The van der Waals surface area contributed by atoms with Crippen molar-refractivity contribution in [3.8, 4) is 11.5 Å². The molecule has 0 atom stereocenters. The van der Waals surface area contributed by atoms with Gasteiger partial charge < -0.3 is 14.8 Å². The minimum atomic E-state index is -0.305. The first-order chi connectivity index (χ1) is 14.7. The first-order valence-corrected chi connectivity index (χ1v) is 10.0. The average Bonchev–Trinajstić information content (AvgIpc) is 2.77. The van der Waals surface area contributed by atoms with Crippen LogP contribution in [0.1, 0.15) is 52.6 Å². The molecule has 0 saturated carbocycles. The molecule has 160 valence electrons. The molecule has 0 heterocycles. The molecule has 5 nitrogen and oxygen atoms in total. The predicted molar refractivity (Wildman–Crippen MR) is 123 cm³/mol. The number of anilines is 1. The van der Waals surface area contributed by atoms with Crippen molar-refractivity contribution in [3.05, 3.63) is 89.0 Å². The van der Waals surface area contributed by atoms with Gasteiger partial charge in [0.15, 0.2) is 17.3 Å². The molecule has 0 aromatic heterocycles. The highest BCUT2D eigenvalue weighted by Crippen LogP contribution is 2.28. The van der Waals surface area contributed by atoms with Gasteiger partial charge in [-0.05, 0) is 41.3 Å². The van der Waals surface area contributed by atoms with Gasteiger partial charge >= 0.3 is 0 Å². The van der Waals surface area contributed by atoms with Gasteiger partial charge in [0.2, 0.25) is 0 Å². The molecule has 3 aromatic carbocycles. The third-order valence-corrected chi connectivity index (χ3v) is 5.04. The van der Waals surface area contributed by atoms with Gasteiger partial charge in [-0.15, -0.1) is 0 Å². The summed E-state index contributed by atoms with van der Waals surface area (Å²) in [6, 6.07) is 19.5. The summed E-state index contributed by atoms with van der Waals surface area (Å²) in [5, 5.41) is 2.84. The lowest BCUT2D eigenvalue weighted by molar-refractivity contribution is 0.102. The van der Waals surface area contributed by atoms with E-state index in [1.807, 2.05) is 24.3 Å². The Morgan fingerprint density at radius 3 is 2.00 bits per heavy atom. The molecule has 0 aliphatic carbocycles. The van der Waals surface area contributed by atoms with Gasteiger partial charge in [0.05, 0.1) is 14.2 Å². The van der Waals surface area contributed by atoms with Crippen LogP contribution in [0.5, 0.6) is 11.5 Å². The molecule has 0 spiro atoms. The van der Waals surface area contributed by atoms with Crippen LogP contribution < -0.4 is 14.8 Å². The normalized spacial score (nSPS) is 11.0. The van der Waals surface area contributed by atoms with E-state index in [1.54, 1.807) is 42.5 Å². The molecule has 1 amide bonds. The molecule has 1 N–H and O–H groups in total. The van der Waals surface area contributed by atoms with Crippen molar-refractivity contribution < 1.29 is 19.1 Å². The second-order valence-electron chi connectivity index (χ2n) is 8.26. The minimum absolute atomic E-state index is 0.0237. The summed E-state index contributed by atoms with van der Waals surface area (Å²) in [6.07, 6.45) is 0. The number of benzene rings is 3. The zero-order valence-corrected chi connectivity index (χ0v) is 18.5. The molecule has 0 saturated heterocycles. The fourth-order valence-electron chi connectivity index (χ4n) is 3.21. The SMILES string of the molecule is COc1ccc(C(=O)Nc2cccc(C(=O)c3ccc(C(C)(C)C)cc3)c2)cc1OC. The Morgan fingerprint density at radius 1 is 0.742 bits per heavy atom. The number of rotatable bonds is 6. The average molecular weight is 418 g/mol. The number of nitrogens with one attached hydrogen (secondary N) is 1. The van der Waals surface area contributed by atoms with Gasteiger partial charge in [0, 0.05) is 22.4 Å². The third-order valence-electron chi connectivity index (χ3n) is 5.04. The molecular weight excluding hydrogens is 390 g/mol. The van der Waals surface area contributed by atoms with E-state index in [4.69, 9.17) is 9.47 Å². The molecule has 31 heavy (non-hydrogen) atoms. The summed E-state index contributed by atoms with van der Waals surface area (Å²) >= 11 is 0. The molecule has 0 aliphatic rings. The zero-order valence-electron chi connectivity index (χ0n) is 18.5. The van der Waals surface area contributed by atoms with Gasteiger partial charge in [0.1, 0.15) is 0 Å². The zero-order chi connectivity index (χ0) is 22.6. The number of carbonyl (C=O) groups is 2. The van der Waals surface area contributed by atoms with E-state index >= 15 is 0 Å². The highest BCUT2D eigenvalue weighted by atomic mass is 16.5. The summed E-state index contributed by atoms with van der Waals surface area (Å²) in [7, 11) is 3.05. The number of hydrogen-bond donors (Lipinski definition) is 1. The van der Waals surface area contributed by atoms with Gasteiger partial charge in [-0.3, -0.25) is 9.59 Å². The monoisotopic (exact) mass is 417 g/mol. The number of ether oxygens (including phenoxy) is 2. The van der Waals surface area contributed by atoms with Crippen LogP contribution in [0.25, 0.3) is 0 Å². The van der Waals surface area contributed by atoms with E-state index in [1.165, 1.54) is 19.8 Å². The number of hydrogen-bond acceptors (Lipinski definition) is 4. The van der Waals surface area contributed by atoms with Gasteiger partial charge in [-0.25, -0.2) is 0 Å². The molecule has 0 unspecified atom stereocenters. The van der Waals surface area contributed by atoms with Crippen LogP contribution >= 0.6 is 0 Å². The first kappa shape index (κ1) is 22.1. The van der Waals surface area contributed by atoms with Crippen molar-refractivity contribution in [2.24, 2.45) is 0 Å². The second-order valence-corrected chi connectivity index (χ2v) is 8.26. The summed E-state index contributed by atoms with van der Waals surface area (Å²) in [5.41, 5.74) is 3.27. The van der Waals surface area contributed by atoms with Crippen molar-refractivity contribution in [1.29, 1.82) is 0 Å². The Balaban J connectivity index is 1.78. The third kappa shape index (κ3) is 5.12. The maximum atomic E-state index is 12.9. The lowest BCUT2D eigenvalue weighted by Gasteiger charge is -2.19. The lowest BCUT2D eigenvalue weighted by Crippen LogP contribution is -2.13. The van der Waals surface area contributed by atoms with Crippen molar-refractivity contribution >= 4 is 17.4 Å². The fraction of sp³-hybridized carbons (Fsp3) is 0.231. The Bertz CT molecular complexity index is 1100. The molecule has 5 heteroatoms. The van der Waals surface area contributed by atoms with Crippen LogP contribution in [0.15, 0.2) is 66.7 Å². The molecular formula is C26H27NO4. The molecule has 0 bridgehead atoms. The molecule has 3 rings (SSSR count). The Morgan fingerprint density at radius 2 is 1.39 bits per heavy atom. The van der Waals surface area contributed by atoms with E-state index in [0.717, 1.165) is 0 Å². The van der Waals surface area contributed by atoms with Crippen LogP contribution in [0.2, 0.25) is 0 Å². The Labute approximate surface area is 183 Å². The van der Waals surface area contributed by atoms with Crippen LogP contribution in [-0.4, -0.2) is 25.9 Å². The molecule has 0 radical (unpaired) electrons. The highest BCUT2D eigenvalue weighted by molar-refractivity contribution is 6.10. The molecule has 3 aromatic rings. The van der Waals surface area contributed by atoms with Gasteiger partial charge in [0.25, 0.3) is 5.91 Å². The van der Waals surface area contributed by atoms with Crippen LogP contribution in [-0.2, 0) is 5.41 Å². The predicted octanol–water partition coefficient (Wildman–Crippen LogP) is 5.48. The minimum Gasteiger partial charge on any atom is -0.493 e. The second kappa shape index (κ2) is 9.04. The summed E-state index contributed by atoms with van der Waals surface area (Å²) in [5.74, 6) is 0.615. The number of amides is 1. The fourth-order valence-corrected chi connectivity index (χ4v) is 3.21. The van der Waals surface area contributed by atoms with E-state index in [0.29, 0.717) is 33.9 Å². The topological polar surface area (TPSA) is 64.6 Å². The van der Waals surface area contributed by atoms with Crippen LogP contribution in [0, 0.1) is 0 Å². The number of carbonyl (C=O) groups excluding carboxylic acids is 2. The highest BCUT2D eigenvalue weighted by Gasteiger charge is 2.16. The van der Waals surface area contributed by atoms with E-state index < -0.39 is 0 Å². The summed E-state index contributed by atoms with van der Waals surface area (Å²) in [4.78, 5) is 25.6. The quantitative estimate of drug-likeness (QED) is 0.539. The van der Waals surface area contributed by atoms with Crippen molar-refractivity contribution in [2.45, 2.75) is 26.2 Å². The van der Waals surface area contributed by atoms with Gasteiger partial charge in [-0.1, -0.05) is 57.2 Å². The largest absolute Gasteiger partial charge is 0.493 e.